The fourth-order valence-electron chi connectivity index (χ4n) is 3.52. The number of aromatic nitrogens is 5. The standard InChI is InChI=1S/C24H24N6O4/c31-21(10-8-19-5-2-1-3-6-19)11-9-20-18-28(27-26-20)14-15-29-23(25-17-24(29)30(32)33)13-12-22-7-4-16-34-22/h1-7,12-13,16-18H,8-11,14-15H2/b13-12+. The van der Waals surface area contributed by atoms with Crippen molar-refractivity contribution in [2.45, 2.75) is 38.8 Å². The molecule has 0 aliphatic heterocycles. The van der Waals surface area contributed by atoms with E-state index >= 15 is 0 Å². The molecule has 3 heterocycles. The first-order valence-corrected chi connectivity index (χ1v) is 10.9. The molecule has 0 radical (unpaired) electrons. The Balaban J connectivity index is 1.31. The van der Waals surface area contributed by atoms with Crippen LogP contribution in [-0.2, 0) is 30.7 Å². The van der Waals surface area contributed by atoms with Crippen LogP contribution in [0, 0.1) is 10.1 Å². The number of nitro groups is 1. The van der Waals surface area contributed by atoms with Gasteiger partial charge in [-0.1, -0.05) is 35.5 Å². The molecule has 10 heteroatoms. The molecule has 1 aromatic carbocycles. The van der Waals surface area contributed by atoms with Gasteiger partial charge in [-0.25, -0.2) is 14.2 Å². The van der Waals surface area contributed by atoms with Crippen LogP contribution in [0.15, 0.2) is 65.5 Å². The fourth-order valence-corrected chi connectivity index (χ4v) is 3.52. The third-order valence-electron chi connectivity index (χ3n) is 5.33. The third kappa shape index (κ3) is 6.12. The van der Waals surface area contributed by atoms with Crippen molar-refractivity contribution < 1.29 is 14.1 Å². The number of ketones is 1. The Kier molecular flexibility index (Phi) is 7.39. The van der Waals surface area contributed by atoms with Gasteiger partial charge in [-0.15, -0.1) is 5.10 Å². The predicted molar refractivity (Wildman–Crippen MR) is 125 cm³/mol. The number of benzene rings is 1. The predicted octanol–water partition coefficient (Wildman–Crippen LogP) is 3.98. The molecule has 0 saturated carbocycles. The van der Waals surface area contributed by atoms with E-state index in [1.54, 1.807) is 41.4 Å². The molecule has 3 aromatic heterocycles. The van der Waals surface area contributed by atoms with Crippen LogP contribution in [0.25, 0.3) is 12.2 Å². The largest absolute Gasteiger partial charge is 0.465 e. The molecular formula is C24H24N6O4. The van der Waals surface area contributed by atoms with Gasteiger partial charge in [-0.3, -0.25) is 4.79 Å². The second kappa shape index (κ2) is 11.0. The molecule has 4 aromatic rings. The molecule has 0 atom stereocenters. The van der Waals surface area contributed by atoms with Crippen molar-refractivity contribution >= 4 is 23.8 Å². The second-order valence-corrected chi connectivity index (χ2v) is 7.73. The number of carbonyl (C=O) groups is 1. The summed E-state index contributed by atoms with van der Waals surface area (Å²) in [4.78, 5) is 27.3. The number of rotatable bonds is 12. The van der Waals surface area contributed by atoms with Crippen molar-refractivity contribution in [3.05, 3.63) is 94.1 Å². The number of hydrogen-bond donors (Lipinski definition) is 0. The van der Waals surface area contributed by atoms with Crippen LogP contribution < -0.4 is 0 Å². The summed E-state index contributed by atoms with van der Waals surface area (Å²) in [6, 6.07) is 13.5. The van der Waals surface area contributed by atoms with E-state index in [1.807, 2.05) is 30.3 Å². The third-order valence-corrected chi connectivity index (χ3v) is 5.33. The molecular weight excluding hydrogens is 436 g/mol. The minimum atomic E-state index is -0.467. The summed E-state index contributed by atoms with van der Waals surface area (Å²) in [5.41, 5.74) is 1.86. The van der Waals surface area contributed by atoms with E-state index in [0.717, 1.165) is 12.0 Å². The molecule has 0 spiro atoms. The van der Waals surface area contributed by atoms with E-state index in [9.17, 15) is 14.9 Å². The van der Waals surface area contributed by atoms with Gasteiger partial charge in [-0.2, -0.15) is 0 Å². The van der Waals surface area contributed by atoms with E-state index in [-0.39, 0.29) is 18.1 Å². The highest BCUT2D eigenvalue weighted by Gasteiger charge is 2.19. The van der Waals surface area contributed by atoms with Crippen molar-refractivity contribution in [2.24, 2.45) is 0 Å². The maximum Gasteiger partial charge on any atom is 0.343 e. The van der Waals surface area contributed by atoms with Crippen molar-refractivity contribution in [3.63, 3.8) is 0 Å². The van der Waals surface area contributed by atoms with Crippen molar-refractivity contribution in [2.75, 3.05) is 0 Å². The lowest BCUT2D eigenvalue weighted by Gasteiger charge is -2.03. The smallest absolute Gasteiger partial charge is 0.343 e. The maximum atomic E-state index is 12.2. The zero-order chi connectivity index (χ0) is 23.8. The van der Waals surface area contributed by atoms with Crippen LogP contribution in [0.3, 0.4) is 0 Å². The van der Waals surface area contributed by atoms with Crippen LogP contribution in [0.2, 0.25) is 0 Å². The summed E-state index contributed by atoms with van der Waals surface area (Å²) in [7, 11) is 0. The molecule has 0 aliphatic carbocycles. The molecule has 34 heavy (non-hydrogen) atoms. The van der Waals surface area contributed by atoms with Crippen LogP contribution in [-0.4, -0.2) is 35.3 Å². The lowest BCUT2D eigenvalue weighted by atomic mass is 10.0. The number of Topliss-reactive ketones (excluding diaryl/α,β-unsaturated/α-hetero) is 1. The Morgan fingerprint density at radius 3 is 2.65 bits per heavy atom. The summed E-state index contributed by atoms with van der Waals surface area (Å²) in [5, 5.41) is 19.6. The van der Waals surface area contributed by atoms with Crippen molar-refractivity contribution in [3.8, 4) is 0 Å². The van der Waals surface area contributed by atoms with Gasteiger partial charge in [0.1, 0.15) is 24.3 Å². The number of nitrogens with zero attached hydrogens (tertiary/aromatic N) is 6. The Hall–Kier alpha value is -4.34. The van der Waals surface area contributed by atoms with Crippen LogP contribution in [0.5, 0.6) is 0 Å². The van der Waals surface area contributed by atoms with E-state index in [2.05, 4.69) is 15.3 Å². The Morgan fingerprint density at radius 2 is 1.88 bits per heavy atom. The minimum Gasteiger partial charge on any atom is -0.465 e. The van der Waals surface area contributed by atoms with E-state index < -0.39 is 4.92 Å². The molecule has 0 aliphatic rings. The molecule has 10 nitrogen and oxygen atoms in total. The fraction of sp³-hybridized carbons (Fsp3) is 0.250. The summed E-state index contributed by atoms with van der Waals surface area (Å²) in [6.07, 6.45) is 10.1. The molecule has 0 N–H and O–H groups in total. The zero-order valence-corrected chi connectivity index (χ0v) is 18.5. The number of aryl methyl sites for hydroxylation is 3. The molecule has 4 rings (SSSR count). The molecule has 0 fully saturated rings. The highest BCUT2D eigenvalue weighted by Crippen LogP contribution is 2.17. The van der Waals surface area contributed by atoms with Crippen LogP contribution in [0.4, 0.5) is 5.82 Å². The lowest BCUT2D eigenvalue weighted by molar-refractivity contribution is -0.392. The van der Waals surface area contributed by atoms with Gasteiger partial charge in [0.05, 0.1) is 18.5 Å². The van der Waals surface area contributed by atoms with Crippen LogP contribution >= 0.6 is 0 Å². The Labute approximate surface area is 195 Å². The van der Waals surface area contributed by atoms with E-state index in [0.29, 0.717) is 43.1 Å². The van der Waals surface area contributed by atoms with Crippen molar-refractivity contribution in [1.82, 2.24) is 24.5 Å². The number of hydrogen-bond acceptors (Lipinski definition) is 7. The first-order valence-electron chi connectivity index (χ1n) is 10.9. The first kappa shape index (κ1) is 22.8. The number of imidazole rings is 1. The van der Waals surface area contributed by atoms with Gasteiger partial charge in [0.25, 0.3) is 0 Å². The second-order valence-electron chi connectivity index (χ2n) is 7.73. The Bertz CT molecular complexity index is 1260. The maximum absolute atomic E-state index is 12.2. The van der Waals surface area contributed by atoms with Gasteiger partial charge in [0.2, 0.25) is 5.82 Å². The van der Waals surface area contributed by atoms with Crippen molar-refractivity contribution in [1.29, 1.82) is 0 Å². The summed E-state index contributed by atoms with van der Waals surface area (Å²) in [5.74, 6) is 1.13. The molecule has 0 unspecified atom stereocenters. The van der Waals surface area contributed by atoms with Gasteiger partial charge in [0.15, 0.2) is 0 Å². The summed E-state index contributed by atoms with van der Waals surface area (Å²) >= 11 is 0. The average Bonchev–Trinajstić information content (AvgIpc) is 3.60. The average molecular weight is 460 g/mol. The minimum absolute atomic E-state index is 0.108. The number of carbonyl (C=O) groups excluding carboxylic acids is 1. The summed E-state index contributed by atoms with van der Waals surface area (Å²) < 4.78 is 8.38. The van der Waals surface area contributed by atoms with Gasteiger partial charge in [0, 0.05) is 25.1 Å². The quantitative estimate of drug-likeness (QED) is 0.231. The SMILES string of the molecule is O=C(CCc1ccccc1)CCc1cn(CCn2c([N+](=O)[O-])cnc2/C=C/c2ccco2)nn1. The first-order chi connectivity index (χ1) is 16.6. The highest BCUT2D eigenvalue weighted by atomic mass is 16.6. The molecule has 0 saturated heterocycles. The number of furan rings is 1. The monoisotopic (exact) mass is 460 g/mol. The Morgan fingerprint density at radius 1 is 1.06 bits per heavy atom. The summed E-state index contributed by atoms with van der Waals surface area (Å²) in [6.45, 7) is 0.653. The molecule has 0 amide bonds. The zero-order valence-electron chi connectivity index (χ0n) is 18.5. The van der Waals surface area contributed by atoms with Gasteiger partial charge >= 0.3 is 5.82 Å². The van der Waals surface area contributed by atoms with Gasteiger partial charge < -0.3 is 14.5 Å². The topological polar surface area (TPSA) is 122 Å². The molecule has 0 bridgehead atoms. The lowest BCUT2D eigenvalue weighted by Crippen LogP contribution is -2.11. The van der Waals surface area contributed by atoms with E-state index in [1.165, 1.54) is 10.8 Å². The highest BCUT2D eigenvalue weighted by molar-refractivity contribution is 5.78. The van der Waals surface area contributed by atoms with Crippen LogP contribution in [0.1, 0.15) is 35.7 Å². The van der Waals surface area contributed by atoms with Gasteiger partial charge in [-0.05, 0) is 41.5 Å². The van der Waals surface area contributed by atoms with E-state index in [4.69, 9.17) is 4.42 Å². The normalized spacial score (nSPS) is 11.3. The molecule has 174 valence electrons.